The Kier molecular flexibility index (Phi) is 7.26. The third kappa shape index (κ3) is 5.24. The summed E-state index contributed by atoms with van der Waals surface area (Å²) < 4.78 is 7.92. The number of carbonyl (C=O) groups excluding carboxylic acids is 1. The summed E-state index contributed by atoms with van der Waals surface area (Å²) in [5.74, 6) is -0.475. The van der Waals surface area contributed by atoms with Crippen LogP contribution in [-0.2, 0) is 16.1 Å². The maximum Gasteiger partial charge on any atom is 0.338 e. The molecule has 0 amide bonds. The van der Waals surface area contributed by atoms with Gasteiger partial charge in [0, 0.05) is 4.90 Å². The van der Waals surface area contributed by atoms with Crippen molar-refractivity contribution in [3.05, 3.63) is 132 Å². The van der Waals surface area contributed by atoms with Crippen LogP contribution >= 0.6 is 23.1 Å². The summed E-state index contributed by atoms with van der Waals surface area (Å²) in [5.41, 5.74) is 4.58. The molecule has 0 radical (unpaired) electrons. The number of aryl methyl sites for hydroxylation is 1. The number of nitrogens with zero attached hydrogens (tertiary/aromatic N) is 2. The molecular weight excluding hydrogens is 500 g/mol. The smallest absolute Gasteiger partial charge is 0.338 e. The Labute approximate surface area is 223 Å². The molecule has 0 N–H and O–H groups in total. The first-order chi connectivity index (χ1) is 17.9. The standard InChI is InChI=1S/C30H26N2O3S2/c1-19-9-11-21(12-10-19)17-25-28(33)32-27(23-13-15-24(36-3)16-14-23)26(20(2)31-30(32)37-25)29(34)35-18-22-7-5-4-6-8-22/h4-17,27H,18H2,1-3H3/b25-17+/t27-/m0/s1. The normalized spacial score (nSPS) is 15.3. The summed E-state index contributed by atoms with van der Waals surface area (Å²) in [5, 5.41) is 0. The minimum absolute atomic E-state index is 0.145. The monoisotopic (exact) mass is 526 g/mol. The van der Waals surface area contributed by atoms with Gasteiger partial charge in [0.15, 0.2) is 4.80 Å². The SMILES string of the molecule is CSc1ccc([C@H]2C(C(=O)OCc3ccccc3)=C(C)N=c3s/c(=C/c4ccc(C)cc4)c(=O)n32)cc1. The summed E-state index contributed by atoms with van der Waals surface area (Å²) in [4.78, 5) is 33.6. The van der Waals surface area contributed by atoms with Crippen molar-refractivity contribution in [2.45, 2.75) is 31.4 Å². The fourth-order valence-electron chi connectivity index (χ4n) is 4.30. The van der Waals surface area contributed by atoms with Gasteiger partial charge in [-0.25, -0.2) is 9.79 Å². The van der Waals surface area contributed by atoms with Gasteiger partial charge in [-0.1, -0.05) is 83.6 Å². The van der Waals surface area contributed by atoms with Gasteiger partial charge in [0.1, 0.15) is 6.61 Å². The minimum atomic E-state index is -0.629. The zero-order chi connectivity index (χ0) is 25.9. The number of rotatable bonds is 6. The summed E-state index contributed by atoms with van der Waals surface area (Å²) in [6.07, 6.45) is 3.89. The number of thioether (sulfide) groups is 1. The van der Waals surface area contributed by atoms with Crippen molar-refractivity contribution in [3.8, 4) is 0 Å². The first-order valence-corrected chi connectivity index (χ1v) is 13.9. The van der Waals surface area contributed by atoms with Gasteiger partial charge in [-0.15, -0.1) is 11.8 Å². The second kappa shape index (κ2) is 10.7. The molecule has 0 saturated heterocycles. The van der Waals surface area contributed by atoms with E-state index in [1.54, 1.807) is 23.3 Å². The molecule has 186 valence electrons. The number of carbonyl (C=O) groups is 1. The topological polar surface area (TPSA) is 60.7 Å². The number of hydrogen-bond acceptors (Lipinski definition) is 6. The van der Waals surface area contributed by atoms with E-state index < -0.39 is 12.0 Å². The third-order valence-corrected chi connectivity index (χ3v) is 7.99. The van der Waals surface area contributed by atoms with Crippen LogP contribution in [0.15, 0.2) is 105 Å². The number of esters is 1. The van der Waals surface area contributed by atoms with Gasteiger partial charge in [0.2, 0.25) is 0 Å². The lowest BCUT2D eigenvalue weighted by Crippen LogP contribution is -2.39. The highest BCUT2D eigenvalue weighted by molar-refractivity contribution is 7.98. The second-order valence-electron chi connectivity index (χ2n) is 8.83. The van der Waals surface area contributed by atoms with Gasteiger partial charge < -0.3 is 4.74 Å². The Morgan fingerprint density at radius 2 is 1.73 bits per heavy atom. The van der Waals surface area contributed by atoms with Crippen LogP contribution in [0.4, 0.5) is 0 Å². The van der Waals surface area contributed by atoms with Crippen LogP contribution in [0.2, 0.25) is 0 Å². The summed E-state index contributed by atoms with van der Waals surface area (Å²) in [7, 11) is 0. The van der Waals surface area contributed by atoms with E-state index in [-0.39, 0.29) is 12.2 Å². The molecule has 2 heterocycles. The van der Waals surface area contributed by atoms with E-state index >= 15 is 0 Å². The molecule has 0 bridgehead atoms. The highest BCUT2D eigenvalue weighted by atomic mass is 32.2. The van der Waals surface area contributed by atoms with E-state index in [2.05, 4.69) is 4.99 Å². The van der Waals surface area contributed by atoms with Crippen LogP contribution in [0.5, 0.6) is 0 Å². The number of fused-ring (bicyclic) bond motifs is 1. The van der Waals surface area contributed by atoms with E-state index in [9.17, 15) is 9.59 Å². The van der Waals surface area contributed by atoms with Crippen LogP contribution in [0.25, 0.3) is 6.08 Å². The fourth-order valence-corrected chi connectivity index (χ4v) is 5.75. The third-order valence-electron chi connectivity index (χ3n) is 6.26. The second-order valence-corrected chi connectivity index (χ2v) is 10.7. The zero-order valence-corrected chi connectivity index (χ0v) is 22.4. The van der Waals surface area contributed by atoms with Gasteiger partial charge in [0.05, 0.1) is 21.8 Å². The van der Waals surface area contributed by atoms with E-state index in [0.29, 0.717) is 20.6 Å². The lowest BCUT2D eigenvalue weighted by molar-refractivity contribution is -0.140. The lowest BCUT2D eigenvalue weighted by atomic mass is 9.96. The Morgan fingerprint density at radius 1 is 1.03 bits per heavy atom. The number of benzene rings is 3. The quantitative estimate of drug-likeness (QED) is 0.262. The van der Waals surface area contributed by atoms with Gasteiger partial charge in [-0.05, 0) is 55.0 Å². The molecule has 1 aromatic heterocycles. The molecule has 4 aromatic rings. The predicted molar refractivity (Wildman–Crippen MR) is 149 cm³/mol. The van der Waals surface area contributed by atoms with Crippen LogP contribution in [0.3, 0.4) is 0 Å². The molecule has 0 spiro atoms. The molecule has 1 atom stereocenters. The maximum atomic E-state index is 13.7. The summed E-state index contributed by atoms with van der Waals surface area (Å²) in [6, 6.07) is 24.9. The van der Waals surface area contributed by atoms with E-state index in [1.165, 1.54) is 11.3 Å². The first kappa shape index (κ1) is 25.0. The number of aromatic nitrogens is 1. The minimum Gasteiger partial charge on any atom is -0.457 e. The predicted octanol–water partition coefficient (Wildman–Crippen LogP) is 5.01. The van der Waals surface area contributed by atoms with Gasteiger partial charge in [-0.2, -0.15) is 0 Å². The Balaban J connectivity index is 1.61. The molecule has 0 unspecified atom stereocenters. The van der Waals surface area contributed by atoms with Crippen molar-refractivity contribution in [1.82, 2.24) is 4.57 Å². The van der Waals surface area contributed by atoms with Crippen molar-refractivity contribution in [1.29, 1.82) is 0 Å². The van der Waals surface area contributed by atoms with Crippen LogP contribution in [0.1, 0.15) is 35.2 Å². The van der Waals surface area contributed by atoms with Gasteiger partial charge in [-0.3, -0.25) is 9.36 Å². The molecule has 0 fully saturated rings. The summed E-state index contributed by atoms with van der Waals surface area (Å²) in [6.45, 7) is 3.98. The number of thiazole rings is 1. The van der Waals surface area contributed by atoms with Crippen molar-refractivity contribution < 1.29 is 9.53 Å². The Morgan fingerprint density at radius 3 is 2.41 bits per heavy atom. The molecule has 0 aliphatic carbocycles. The molecule has 1 aliphatic heterocycles. The largest absolute Gasteiger partial charge is 0.457 e. The lowest BCUT2D eigenvalue weighted by Gasteiger charge is -2.25. The molecule has 3 aromatic carbocycles. The van der Waals surface area contributed by atoms with Crippen molar-refractivity contribution in [3.63, 3.8) is 0 Å². The molecule has 0 saturated carbocycles. The average Bonchev–Trinajstić information content (AvgIpc) is 3.22. The van der Waals surface area contributed by atoms with Gasteiger partial charge >= 0.3 is 5.97 Å². The van der Waals surface area contributed by atoms with E-state index in [1.807, 2.05) is 98.1 Å². The highest BCUT2D eigenvalue weighted by Crippen LogP contribution is 2.32. The number of hydrogen-bond donors (Lipinski definition) is 0. The van der Waals surface area contributed by atoms with Crippen molar-refractivity contribution in [2.75, 3.05) is 6.26 Å². The average molecular weight is 527 g/mol. The van der Waals surface area contributed by atoms with Crippen LogP contribution in [0, 0.1) is 6.92 Å². The molecule has 37 heavy (non-hydrogen) atoms. The fraction of sp³-hybridized carbons (Fsp3) is 0.167. The molecule has 1 aliphatic rings. The van der Waals surface area contributed by atoms with Crippen molar-refractivity contribution in [2.24, 2.45) is 4.99 Å². The van der Waals surface area contributed by atoms with Gasteiger partial charge in [0.25, 0.3) is 5.56 Å². The van der Waals surface area contributed by atoms with E-state index in [4.69, 9.17) is 4.74 Å². The maximum absolute atomic E-state index is 13.7. The first-order valence-electron chi connectivity index (χ1n) is 11.9. The van der Waals surface area contributed by atoms with Crippen molar-refractivity contribution >= 4 is 35.1 Å². The number of allylic oxidation sites excluding steroid dienone is 1. The van der Waals surface area contributed by atoms with E-state index in [0.717, 1.165) is 27.1 Å². The summed E-state index contributed by atoms with van der Waals surface area (Å²) >= 11 is 2.97. The Hall–Kier alpha value is -3.68. The number of ether oxygens (including phenoxy) is 1. The van der Waals surface area contributed by atoms with Crippen LogP contribution in [-0.4, -0.2) is 16.8 Å². The zero-order valence-electron chi connectivity index (χ0n) is 20.8. The molecule has 7 heteroatoms. The van der Waals surface area contributed by atoms with Crippen LogP contribution < -0.4 is 14.9 Å². The Bertz CT molecular complexity index is 1650. The highest BCUT2D eigenvalue weighted by Gasteiger charge is 2.33. The molecular formula is C30H26N2O3S2. The molecule has 5 nitrogen and oxygen atoms in total. The molecule has 5 rings (SSSR count).